The van der Waals surface area contributed by atoms with E-state index in [1.807, 2.05) is 0 Å². The van der Waals surface area contributed by atoms with E-state index in [9.17, 15) is 15.4 Å². The number of nitriles is 1. The highest BCUT2D eigenvalue weighted by Gasteiger charge is 2.35. The minimum atomic E-state index is -0.460. The monoisotopic (exact) mass is 292 g/mol. The van der Waals surface area contributed by atoms with Gasteiger partial charge in [-0.05, 0) is 43.6 Å². The quantitative estimate of drug-likeness (QED) is 0.608. The molecule has 1 aliphatic carbocycles. The Morgan fingerprint density at radius 1 is 1.50 bits per heavy atom. The molecule has 2 rings (SSSR count). The third kappa shape index (κ3) is 3.10. The van der Waals surface area contributed by atoms with Crippen LogP contribution in [-0.4, -0.2) is 4.92 Å². The number of hydrogen-bond acceptors (Lipinski definition) is 3. The van der Waals surface area contributed by atoms with Crippen LogP contribution in [0.3, 0.4) is 0 Å². The molecule has 1 aliphatic rings. The number of non-ortho nitro benzene ring substituents is 1. The lowest BCUT2D eigenvalue weighted by molar-refractivity contribution is -0.384. The smallest absolute Gasteiger partial charge is 0.258 e. The van der Waals surface area contributed by atoms with E-state index in [1.165, 1.54) is 12.1 Å². The Kier molecular flexibility index (Phi) is 4.29. The fraction of sp³-hybridized carbons (Fsp3) is 0.533. The molecular weight excluding hydrogens is 276 g/mol. The third-order valence-corrected chi connectivity index (χ3v) is 4.60. The molecule has 1 aromatic rings. The van der Waals surface area contributed by atoms with Crippen LogP contribution in [0.15, 0.2) is 18.2 Å². The second kappa shape index (κ2) is 5.80. The van der Waals surface area contributed by atoms with E-state index in [2.05, 4.69) is 13.0 Å². The number of benzene rings is 1. The highest BCUT2D eigenvalue weighted by Crippen LogP contribution is 2.42. The van der Waals surface area contributed by atoms with Gasteiger partial charge in [0.2, 0.25) is 0 Å². The van der Waals surface area contributed by atoms with Crippen molar-refractivity contribution in [1.82, 2.24) is 0 Å². The standard InChI is InChI=1S/C15H17ClN2O2/c1-11-4-6-15(10-17,7-5-11)9-12-2-3-13(18(19)20)8-14(12)16/h2-3,8,11H,4-7,9H2,1H3. The van der Waals surface area contributed by atoms with Gasteiger partial charge in [0.05, 0.1) is 21.4 Å². The van der Waals surface area contributed by atoms with Gasteiger partial charge in [-0.3, -0.25) is 10.1 Å². The molecule has 0 saturated heterocycles. The zero-order chi connectivity index (χ0) is 14.8. The average molecular weight is 293 g/mol. The van der Waals surface area contributed by atoms with Crippen LogP contribution in [0.5, 0.6) is 0 Å². The van der Waals surface area contributed by atoms with Gasteiger partial charge in [0, 0.05) is 12.1 Å². The summed E-state index contributed by atoms with van der Waals surface area (Å²) in [4.78, 5) is 10.2. The molecule has 1 fully saturated rings. The van der Waals surface area contributed by atoms with Crippen LogP contribution in [0.1, 0.15) is 38.2 Å². The van der Waals surface area contributed by atoms with Crippen LogP contribution in [0.2, 0.25) is 5.02 Å². The van der Waals surface area contributed by atoms with Crippen LogP contribution >= 0.6 is 11.6 Å². The molecule has 0 amide bonds. The Balaban J connectivity index is 2.20. The molecule has 0 aromatic heterocycles. The predicted octanol–water partition coefficient (Wildman–Crippen LogP) is 4.51. The Bertz CT molecular complexity index is 557. The van der Waals surface area contributed by atoms with E-state index in [0.717, 1.165) is 31.2 Å². The van der Waals surface area contributed by atoms with Crippen LogP contribution < -0.4 is 0 Å². The zero-order valence-corrected chi connectivity index (χ0v) is 12.2. The lowest BCUT2D eigenvalue weighted by Crippen LogP contribution is -2.27. The van der Waals surface area contributed by atoms with Gasteiger partial charge in [-0.15, -0.1) is 0 Å². The van der Waals surface area contributed by atoms with Crippen molar-refractivity contribution in [3.05, 3.63) is 38.9 Å². The number of halogens is 1. The molecule has 0 spiro atoms. The number of hydrogen-bond donors (Lipinski definition) is 0. The van der Waals surface area contributed by atoms with Crippen LogP contribution in [0.4, 0.5) is 5.69 Å². The van der Waals surface area contributed by atoms with E-state index in [0.29, 0.717) is 17.4 Å². The van der Waals surface area contributed by atoms with E-state index in [-0.39, 0.29) is 11.1 Å². The minimum Gasteiger partial charge on any atom is -0.258 e. The number of nitro groups is 1. The van der Waals surface area contributed by atoms with E-state index < -0.39 is 4.92 Å². The summed E-state index contributed by atoms with van der Waals surface area (Å²) in [6.07, 6.45) is 4.43. The van der Waals surface area contributed by atoms with Crippen LogP contribution in [0, 0.1) is 32.8 Å². The van der Waals surface area contributed by atoms with E-state index in [4.69, 9.17) is 11.6 Å². The molecule has 20 heavy (non-hydrogen) atoms. The third-order valence-electron chi connectivity index (χ3n) is 4.24. The highest BCUT2D eigenvalue weighted by atomic mass is 35.5. The van der Waals surface area contributed by atoms with Gasteiger partial charge in [0.25, 0.3) is 5.69 Å². The van der Waals surface area contributed by atoms with Crippen molar-refractivity contribution < 1.29 is 4.92 Å². The fourth-order valence-corrected chi connectivity index (χ4v) is 3.04. The lowest BCUT2D eigenvalue weighted by Gasteiger charge is -2.34. The second-order valence-corrected chi connectivity index (χ2v) is 6.19. The molecule has 0 unspecified atom stereocenters. The summed E-state index contributed by atoms with van der Waals surface area (Å²) >= 11 is 6.13. The fourth-order valence-electron chi connectivity index (χ4n) is 2.80. The summed E-state index contributed by atoms with van der Waals surface area (Å²) in [5.74, 6) is 0.670. The Labute approximate surface area is 123 Å². The second-order valence-electron chi connectivity index (χ2n) is 5.78. The topological polar surface area (TPSA) is 66.9 Å². The molecule has 0 atom stereocenters. The van der Waals surface area contributed by atoms with Crippen molar-refractivity contribution >= 4 is 17.3 Å². The van der Waals surface area contributed by atoms with E-state index in [1.54, 1.807) is 6.07 Å². The molecular formula is C15H17ClN2O2. The predicted molar refractivity (Wildman–Crippen MR) is 77.5 cm³/mol. The molecule has 0 aliphatic heterocycles. The summed E-state index contributed by atoms with van der Waals surface area (Å²) in [5.41, 5.74) is 0.446. The van der Waals surface area contributed by atoms with Gasteiger partial charge in [0.1, 0.15) is 0 Å². The van der Waals surface area contributed by atoms with Gasteiger partial charge in [-0.2, -0.15) is 5.26 Å². The molecule has 1 aromatic carbocycles. The van der Waals surface area contributed by atoms with E-state index >= 15 is 0 Å². The Hall–Kier alpha value is -1.60. The van der Waals surface area contributed by atoms with Crippen molar-refractivity contribution in [2.24, 2.45) is 11.3 Å². The molecule has 0 radical (unpaired) electrons. The van der Waals surface area contributed by atoms with Gasteiger partial charge in [-0.1, -0.05) is 24.6 Å². The molecule has 0 N–H and O–H groups in total. The first kappa shape index (κ1) is 14.8. The van der Waals surface area contributed by atoms with Crippen molar-refractivity contribution in [2.45, 2.75) is 39.0 Å². The zero-order valence-electron chi connectivity index (χ0n) is 11.4. The Morgan fingerprint density at radius 2 is 2.15 bits per heavy atom. The molecule has 1 saturated carbocycles. The Morgan fingerprint density at radius 3 is 2.65 bits per heavy atom. The minimum absolute atomic E-state index is 0.0120. The van der Waals surface area contributed by atoms with Crippen molar-refractivity contribution in [1.29, 1.82) is 5.26 Å². The maximum absolute atomic E-state index is 10.7. The highest BCUT2D eigenvalue weighted by molar-refractivity contribution is 6.31. The largest absolute Gasteiger partial charge is 0.270 e. The van der Waals surface area contributed by atoms with Gasteiger partial charge < -0.3 is 0 Å². The lowest BCUT2D eigenvalue weighted by atomic mass is 9.69. The summed E-state index contributed by atoms with van der Waals surface area (Å²) < 4.78 is 0. The van der Waals surface area contributed by atoms with Crippen molar-refractivity contribution in [3.8, 4) is 6.07 Å². The van der Waals surface area contributed by atoms with Gasteiger partial charge in [0.15, 0.2) is 0 Å². The summed E-state index contributed by atoms with van der Waals surface area (Å²) in [6.45, 7) is 2.21. The van der Waals surface area contributed by atoms with Gasteiger partial charge in [-0.25, -0.2) is 0 Å². The first-order chi connectivity index (χ1) is 9.46. The van der Waals surface area contributed by atoms with Crippen molar-refractivity contribution in [3.63, 3.8) is 0 Å². The maximum atomic E-state index is 10.7. The molecule has 0 heterocycles. The first-order valence-electron chi connectivity index (χ1n) is 6.80. The van der Waals surface area contributed by atoms with Crippen LogP contribution in [0.25, 0.3) is 0 Å². The summed E-state index contributed by atoms with van der Waals surface area (Å²) in [6, 6.07) is 6.96. The van der Waals surface area contributed by atoms with Crippen molar-refractivity contribution in [2.75, 3.05) is 0 Å². The molecule has 106 valence electrons. The maximum Gasteiger partial charge on any atom is 0.270 e. The first-order valence-corrected chi connectivity index (χ1v) is 7.18. The molecule has 5 heteroatoms. The summed E-state index contributed by atoms with van der Waals surface area (Å²) in [7, 11) is 0. The number of nitrogens with zero attached hydrogens (tertiary/aromatic N) is 2. The summed E-state index contributed by atoms with van der Waals surface area (Å²) in [5, 5.41) is 20.6. The SMILES string of the molecule is CC1CCC(C#N)(Cc2ccc([N+](=O)[O-])cc2Cl)CC1. The normalized spacial score (nSPS) is 25.9. The average Bonchev–Trinajstić information content (AvgIpc) is 2.43. The number of nitro benzene ring substituents is 1. The molecule has 4 nitrogen and oxygen atoms in total. The van der Waals surface area contributed by atoms with Gasteiger partial charge >= 0.3 is 0 Å². The number of rotatable bonds is 3. The van der Waals surface area contributed by atoms with Crippen LogP contribution in [-0.2, 0) is 6.42 Å². The molecule has 0 bridgehead atoms.